The first-order chi connectivity index (χ1) is 5.70. The Labute approximate surface area is 73.0 Å². The molecule has 0 atom stereocenters. The van der Waals surface area contributed by atoms with E-state index in [-0.39, 0.29) is 0 Å². The van der Waals surface area contributed by atoms with Crippen molar-refractivity contribution in [1.29, 1.82) is 0 Å². The van der Waals surface area contributed by atoms with Gasteiger partial charge in [0.1, 0.15) is 5.82 Å². The van der Waals surface area contributed by atoms with Crippen LogP contribution in [0.3, 0.4) is 0 Å². The van der Waals surface area contributed by atoms with E-state index < -0.39 is 0 Å². The van der Waals surface area contributed by atoms with E-state index in [1.807, 2.05) is 12.1 Å². The third kappa shape index (κ3) is 2.42. The molecule has 0 fully saturated rings. The molecule has 0 unspecified atom stereocenters. The van der Waals surface area contributed by atoms with Crippen molar-refractivity contribution < 1.29 is 0 Å². The zero-order chi connectivity index (χ0) is 8.97. The predicted molar refractivity (Wildman–Crippen MR) is 52.0 cm³/mol. The van der Waals surface area contributed by atoms with Gasteiger partial charge in [0.2, 0.25) is 0 Å². The normalized spacial score (nSPS) is 10.2. The van der Waals surface area contributed by atoms with Crippen LogP contribution in [-0.4, -0.2) is 11.5 Å². The molecule has 1 aromatic heterocycles. The second kappa shape index (κ2) is 3.95. The lowest BCUT2D eigenvalue weighted by Crippen LogP contribution is -2.10. The second-order valence-electron chi connectivity index (χ2n) is 3.22. The molecule has 0 aliphatic carbocycles. The SMILES string of the molecule is CC(C)CNc1ncccc1N. The van der Waals surface area contributed by atoms with Crippen molar-refractivity contribution in [1.82, 2.24) is 4.98 Å². The van der Waals surface area contributed by atoms with Gasteiger partial charge in [0.05, 0.1) is 5.69 Å². The van der Waals surface area contributed by atoms with Crippen molar-refractivity contribution in [3.05, 3.63) is 18.3 Å². The van der Waals surface area contributed by atoms with E-state index in [1.54, 1.807) is 6.20 Å². The van der Waals surface area contributed by atoms with E-state index in [0.717, 1.165) is 12.4 Å². The van der Waals surface area contributed by atoms with Gasteiger partial charge < -0.3 is 11.1 Å². The van der Waals surface area contributed by atoms with Crippen molar-refractivity contribution in [2.24, 2.45) is 5.92 Å². The number of pyridine rings is 1. The minimum absolute atomic E-state index is 0.603. The summed E-state index contributed by atoms with van der Waals surface area (Å²) >= 11 is 0. The van der Waals surface area contributed by atoms with E-state index in [0.29, 0.717) is 11.6 Å². The van der Waals surface area contributed by atoms with Gasteiger partial charge in [-0.05, 0) is 18.1 Å². The van der Waals surface area contributed by atoms with E-state index in [9.17, 15) is 0 Å². The molecule has 0 bridgehead atoms. The van der Waals surface area contributed by atoms with Crippen LogP contribution in [0.2, 0.25) is 0 Å². The fourth-order valence-electron chi connectivity index (χ4n) is 0.866. The lowest BCUT2D eigenvalue weighted by molar-refractivity contribution is 0.687. The molecule has 0 spiro atoms. The third-order valence-corrected chi connectivity index (χ3v) is 1.52. The van der Waals surface area contributed by atoms with Crippen LogP contribution in [0.4, 0.5) is 11.5 Å². The first-order valence-electron chi connectivity index (χ1n) is 4.14. The maximum Gasteiger partial charge on any atom is 0.149 e. The number of nitrogen functional groups attached to an aromatic ring is 1. The fraction of sp³-hybridized carbons (Fsp3) is 0.444. The lowest BCUT2D eigenvalue weighted by Gasteiger charge is -2.09. The molecule has 0 saturated carbocycles. The monoisotopic (exact) mass is 165 g/mol. The molecule has 0 aliphatic heterocycles. The number of nitrogens with zero attached hydrogens (tertiary/aromatic N) is 1. The summed E-state index contributed by atoms with van der Waals surface area (Å²) in [5.74, 6) is 1.39. The average molecular weight is 165 g/mol. The molecule has 3 N–H and O–H groups in total. The first-order valence-corrected chi connectivity index (χ1v) is 4.14. The lowest BCUT2D eigenvalue weighted by atomic mass is 10.2. The van der Waals surface area contributed by atoms with Crippen molar-refractivity contribution in [3.63, 3.8) is 0 Å². The Balaban J connectivity index is 2.57. The van der Waals surface area contributed by atoms with Gasteiger partial charge in [-0.3, -0.25) is 0 Å². The molecule has 66 valence electrons. The summed E-state index contributed by atoms with van der Waals surface area (Å²) in [5.41, 5.74) is 6.39. The Morgan fingerprint density at radius 1 is 1.58 bits per heavy atom. The maximum atomic E-state index is 5.68. The highest BCUT2D eigenvalue weighted by molar-refractivity contribution is 5.60. The second-order valence-corrected chi connectivity index (χ2v) is 3.22. The van der Waals surface area contributed by atoms with Crippen LogP contribution in [0.25, 0.3) is 0 Å². The van der Waals surface area contributed by atoms with Crippen LogP contribution in [-0.2, 0) is 0 Å². The van der Waals surface area contributed by atoms with Crippen LogP contribution in [0.5, 0.6) is 0 Å². The molecule has 0 saturated heterocycles. The van der Waals surface area contributed by atoms with Crippen molar-refractivity contribution >= 4 is 11.5 Å². The minimum Gasteiger partial charge on any atom is -0.396 e. The van der Waals surface area contributed by atoms with E-state index in [4.69, 9.17) is 5.73 Å². The zero-order valence-electron chi connectivity index (χ0n) is 7.54. The van der Waals surface area contributed by atoms with Crippen molar-refractivity contribution in [3.8, 4) is 0 Å². The quantitative estimate of drug-likeness (QED) is 0.717. The number of anilines is 2. The standard InChI is InChI=1S/C9H15N3/c1-7(2)6-12-9-8(10)4-3-5-11-9/h3-5,7H,6,10H2,1-2H3,(H,11,12). The molecule has 1 rings (SSSR count). The molecule has 1 aromatic rings. The Kier molecular flexibility index (Phi) is 2.91. The highest BCUT2D eigenvalue weighted by atomic mass is 15.0. The van der Waals surface area contributed by atoms with Gasteiger partial charge in [-0.1, -0.05) is 13.8 Å². The van der Waals surface area contributed by atoms with Crippen molar-refractivity contribution in [2.75, 3.05) is 17.6 Å². The van der Waals surface area contributed by atoms with Gasteiger partial charge in [0.25, 0.3) is 0 Å². The van der Waals surface area contributed by atoms with Gasteiger partial charge >= 0.3 is 0 Å². The molecule has 1 heterocycles. The third-order valence-electron chi connectivity index (χ3n) is 1.52. The predicted octanol–water partition coefficient (Wildman–Crippen LogP) is 1.73. The van der Waals surface area contributed by atoms with E-state index in [1.165, 1.54) is 0 Å². The van der Waals surface area contributed by atoms with Crippen molar-refractivity contribution in [2.45, 2.75) is 13.8 Å². The Morgan fingerprint density at radius 2 is 2.33 bits per heavy atom. The molecule has 3 heteroatoms. The van der Waals surface area contributed by atoms with Gasteiger partial charge in [-0.25, -0.2) is 4.98 Å². The van der Waals surface area contributed by atoms with E-state index in [2.05, 4.69) is 24.1 Å². The molecular weight excluding hydrogens is 150 g/mol. The Bertz CT molecular complexity index is 245. The molecule has 0 radical (unpaired) electrons. The summed E-state index contributed by atoms with van der Waals surface area (Å²) < 4.78 is 0. The van der Waals surface area contributed by atoms with Crippen LogP contribution in [0.1, 0.15) is 13.8 Å². The van der Waals surface area contributed by atoms with Crippen LogP contribution >= 0.6 is 0 Å². The fourth-order valence-corrected chi connectivity index (χ4v) is 0.866. The summed E-state index contributed by atoms with van der Waals surface area (Å²) in [6.07, 6.45) is 1.74. The smallest absolute Gasteiger partial charge is 0.149 e. The summed E-state index contributed by atoms with van der Waals surface area (Å²) in [7, 11) is 0. The number of rotatable bonds is 3. The average Bonchev–Trinajstić information content (AvgIpc) is 2.03. The molecule has 0 amide bonds. The number of nitrogens with two attached hydrogens (primary N) is 1. The first kappa shape index (κ1) is 8.84. The number of nitrogens with one attached hydrogen (secondary N) is 1. The van der Waals surface area contributed by atoms with Gasteiger partial charge in [-0.15, -0.1) is 0 Å². The number of hydrogen-bond acceptors (Lipinski definition) is 3. The summed E-state index contributed by atoms with van der Waals surface area (Å²) in [6.45, 7) is 5.19. The highest BCUT2D eigenvalue weighted by Crippen LogP contribution is 2.12. The minimum atomic E-state index is 0.603. The topological polar surface area (TPSA) is 50.9 Å². The molecule has 12 heavy (non-hydrogen) atoms. The maximum absolute atomic E-state index is 5.68. The largest absolute Gasteiger partial charge is 0.396 e. The Morgan fingerprint density at radius 3 is 2.92 bits per heavy atom. The summed E-state index contributed by atoms with van der Waals surface area (Å²) in [4.78, 5) is 4.11. The highest BCUT2D eigenvalue weighted by Gasteiger charge is 1.98. The van der Waals surface area contributed by atoms with Crippen LogP contribution < -0.4 is 11.1 Å². The van der Waals surface area contributed by atoms with Gasteiger partial charge in [-0.2, -0.15) is 0 Å². The molecule has 0 aliphatic rings. The summed E-state index contributed by atoms with van der Waals surface area (Å²) in [5, 5.41) is 3.18. The zero-order valence-corrected chi connectivity index (χ0v) is 7.54. The van der Waals surface area contributed by atoms with Gasteiger partial charge in [0.15, 0.2) is 0 Å². The molecular formula is C9H15N3. The van der Waals surface area contributed by atoms with Crippen LogP contribution in [0.15, 0.2) is 18.3 Å². The summed E-state index contributed by atoms with van der Waals surface area (Å²) in [6, 6.07) is 3.67. The number of aromatic nitrogens is 1. The number of hydrogen-bond donors (Lipinski definition) is 2. The van der Waals surface area contributed by atoms with E-state index >= 15 is 0 Å². The molecule has 0 aromatic carbocycles. The molecule has 3 nitrogen and oxygen atoms in total. The van der Waals surface area contributed by atoms with Gasteiger partial charge in [0, 0.05) is 12.7 Å². The Hall–Kier alpha value is -1.25. The van der Waals surface area contributed by atoms with Crippen LogP contribution in [0, 0.1) is 5.92 Å².